The zero-order chi connectivity index (χ0) is 25.4. The molecule has 0 fully saturated rings. The van der Waals surface area contributed by atoms with Crippen LogP contribution in [0.25, 0.3) is 0 Å². The van der Waals surface area contributed by atoms with Crippen LogP contribution in [0.15, 0.2) is 42.2 Å². The average molecular weight is 729 g/mol. The number of amides is 1. The number of rotatable bonds is 12. The summed E-state index contributed by atoms with van der Waals surface area (Å²) in [5, 5.41) is 13.0. The van der Waals surface area contributed by atoms with E-state index in [9.17, 15) is 9.90 Å². The Balaban J connectivity index is 1.88. The molecule has 1 unspecified atom stereocenters. The van der Waals surface area contributed by atoms with Crippen molar-refractivity contribution in [2.75, 3.05) is 47.9 Å². The summed E-state index contributed by atoms with van der Waals surface area (Å²) >= 11 is 13.9. The van der Waals surface area contributed by atoms with Gasteiger partial charge >= 0.3 is 0 Å². The van der Waals surface area contributed by atoms with E-state index in [2.05, 4.69) is 100 Å². The zero-order valence-corrected chi connectivity index (χ0v) is 26.1. The lowest BCUT2D eigenvalue weighted by atomic mass is 10.0. The molecule has 0 spiro atoms. The molecular weight excluding hydrogens is 698 g/mol. The Morgan fingerprint density at radius 1 is 0.971 bits per heavy atom. The number of phenolic OH excluding ortho intramolecular Hbond substituents is 1. The largest absolute Gasteiger partial charge is 0.506 e. The number of likely N-dealkylation sites (N-methyl/N-ethyl adjacent to an activating group) is 3. The van der Waals surface area contributed by atoms with Gasteiger partial charge in [-0.05, 0) is 140 Å². The van der Waals surface area contributed by atoms with Crippen LogP contribution in [0.2, 0.25) is 0 Å². The van der Waals surface area contributed by atoms with Gasteiger partial charge in [-0.3, -0.25) is 4.79 Å². The molecule has 0 radical (unpaired) electrons. The molecule has 0 saturated heterocycles. The number of ether oxygens (including phenoxy) is 1. The summed E-state index contributed by atoms with van der Waals surface area (Å²) in [5.41, 5.74) is 2.17. The zero-order valence-electron chi connectivity index (χ0n) is 19.8. The maximum absolute atomic E-state index is 13.0. The molecule has 2 N–H and O–H groups in total. The van der Waals surface area contributed by atoms with Crippen LogP contribution in [0.1, 0.15) is 17.5 Å². The molecule has 0 saturated carbocycles. The number of hydrogen-bond donors (Lipinski definition) is 2. The molecule has 34 heavy (non-hydrogen) atoms. The van der Waals surface area contributed by atoms with Gasteiger partial charge in [-0.25, -0.2) is 0 Å². The first-order valence-corrected chi connectivity index (χ1v) is 14.0. The number of benzene rings is 2. The minimum Gasteiger partial charge on any atom is -0.506 e. The van der Waals surface area contributed by atoms with Crippen molar-refractivity contribution in [3.63, 3.8) is 0 Å². The number of halogens is 4. The highest BCUT2D eigenvalue weighted by Gasteiger charge is 2.21. The summed E-state index contributed by atoms with van der Waals surface area (Å²) in [5.74, 6) is 0.935. The number of aromatic hydroxyl groups is 1. The highest BCUT2D eigenvalue weighted by molar-refractivity contribution is 9.11. The highest BCUT2D eigenvalue weighted by Crippen LogP contribution is 2.35. The Bertz CT molecular complexity index is 942. The standard InChI is InChI=1S/C24H31Br4N3O3/c1-29-21(14-16-12-17(25)22(32)18(26)13-16)24(33)31(4)7-5-9-34-23-19(27)10-15(11-20(23)28)6-8-30(2)3/h10-13,21,29,32H,5-9,14H2,1-4H3. The maximum atomic E-state index is 13.0. The Kier molecular flexibility index (Phi) is 12.3. The topological polar surface area (TPSA) is 65.0 Å². The SMILES string of the molecule is CNC(Cc1cc(Br)c(O)c(Br)c1)C(=O)N(C)CCCOc1c(Br)cc(CCN(C)C)cc1Br. The minimum absolute atomic E-state index is 0.00965. The second-order valence-corrected chi connectivity index (χ2v) is 11.8. The Labute approximate surface area is 235 Å². The Morgan fingerprint density at radius 2 is 1.53 bits per heavy atom. The summed E-state index contributed by atoms with van der Waals surface area (Å²) in [4.78, 5) is 16.8. The molecule has 0 aliphatic carbocycles. The Morgan fingerprint density at radius 3 is 2.06 bits per heavy atom. The molecule has 0 aromatic heterocycles. The lowest BCUT2D eigenvalue weighted by molar-refractivity contribution is -0.132. The molecule has 10 heteroatoms. The first-order valence-electron chi connectivity index (χ1n) is 10.9. The van der Waals surface area contributed by atoms with Crippen molar-refractivity contribution in [1.29, 1.82) is 0 Å². The van der Waals surface area contributed by atoms with E-state index in [1.807, 2.05) is 12.1 Å². The van der Waals surface area contributed by atoms with E-state index in [4.69, 9.17) is 4.74 Å². The predicted molar refractivity (Wildman–Crippen MR) is 152 cm³/mol. The van der Waals surface area contributed by atoms with E-state index in [1.165, 1.54) is 5.56 Å². The lowest BCUT2D eigenvalue weighted by Crippen LogP contribution is -2.45. The molecule has 1 amide bonds. The number of carbonyl (C=O) groups excluding carboxylic acids is 1. The molecule has 0 aliphatic rings. The average Bonchev–Trinajstić information content (AvgIpc) is 2.77. The van der Waals surface area contributed by atoms with Crippen LogP contribution in [-0.2, 0) is 17.6 Å². The molecule has 2 rings (SSSR count). The van der Waals surface area contributed by atoms with Crippen molar-refractivity contribution >= 4 is 69.6 Å². The summed E-state index contributed by atoms with van der Waals surface area (Å²) in [6.07, 6.45) is 2.17. The van der Waals surface area contributed by atoms with Gasteiger partial charge in [0.1, 0.15) is 11.5 Å². The third-order valence-electron chi connectivity index (χ3n) is 5.33. The van der Waals surface area contributed by atoms with Gasteiger partial charge in [0.15, 0.2) is 0 Å². The molecule has 0 aliphatic heterocycles. The lowest BCUT2D eigenvalue weighted by Gasteiger charge is -2.24. The van der Waals surface area contributed by atoms with Crippen molar-refractivity contribution < 1.29 is 14.6 Å². The van der Waals surface area contributed by atoms with Gasteiger partial charge in [0.05, 0.1) is 30.5 Å². The minimum atomic E-state index is -0.368. The molecule has 6 nitrogen and oxygen atoms in total. The van der Waals surface area contributed by atoms with Crippen molar-refractivity contribution in [3.05, 3.63) is 53.3 Å². The van der Waals surface area contributed by atoms with Gasteiger partial charge in [0, 0.05) is 20.1 Å². The normalized spacial score (nSPS) is 12.1. The second-order valence-electron chi connectivity index (χ2n) is 8.36. The van der Waals surface area contributed by atoms with Gasteiger partial charge in [0.2, 0.25) is 5.91 Å². The molecule has 1 atom stereocenters. The molecular formula is C24H31Br4N3O3. The number of carbonyl (C=O) groups is 1. The Hall–Kier alpha value is -0.650. The summed E-state index contributed by atoms with van der Waals surface area (Å²) in [6, 6.07) is 7.47. The van der Waals surface area contributed by atoms with E-state index in [0.29, 0.717) is 34.9 Å². The van der Waals surface area contributed by atoms with Crippen molar-refractivity contribution in [1.82, 2.24) is 15.1 Å². The van der Waals surface area contributed by atoms with Gasteiger partial charge < -0.3 is 25.0 Å². The quantitative estimate of drug-likeness (QED) is 0.279. The molecule has 2 aromatic carbocycles. The maximum Gasteiger partial charge on any atom is 0.239 e. The molecule has 0 bridgehead atoms. The van der Waals surface area contributed by atoms with Crippen LogP contribution in [0.4, 0.5) is 0 Å². The summed E-state index contributed by atoms with van der Waals surface area (Å²) in [7, 11) is 7.71. The van der Waals surface area contributed by atoms with Gasteiger partial charge in [0.25, 0.3) is 0 Å². The van der Waals surface area contributed by atoms with Crippen molar-refractivity contribution in [2.24, 2.45) is 0 Å². The number of hydrogen-bond acceptors (Lipinski definition) is 5. The van der Waals surface area contributed by atoms with E-state index >= 15 is 0 Å². The van der Waals surface area contributed by atoms with Crippen LogP contribution >= 0.6 is 63.7 Å². The number of nitrogens with zero attached hydrogens (tertiary/aromatic N) is 2. The van der Waals surface area contributed by atoms with Gasteiger partial charge in [-0.1, -0.05) is 0 Å². The first-order chi connectivity index (χ1) is 16.0. The summed E-state index contributed by atoms with van der Waals surface area (Å²) < 4.78 is 9.02. The van der Waals surface area contributed by atoms with Crippen molar-refractivity contribution in [2.45, 2.75) is 25.3 Å². The van der Waals surface area contributed by atoms with E-state index in [0.717, 1.165) is 33.2 Å². The fourth-order valence-electron chi connectivity index (χ4n) is 3.38. The third-order valence-corrected chi connectivity index (χ3v) is 7.72. The van der Waals surface area contributed by atoms with Crippen LogP contribution in [-0.4, -0.2) is 74.7 Å². The predicted octanol–water partition coefficient (Wildman–Crippen LogP) is 5.60. The monoisotopic (exact) mass is 725 g/mol. The molecule has 0 heterocycles. The smallest absolute Gasteiger partial charge is 0.239 e. The van der Waals surface area contributed by atoms with Crippen LogP contribution in [0.5, 0.6) is 11.5 Å². The molecule has 2 aromatic rings. The summed E-state index contributed by atoms with van der Waals surface area (Å²) in [6.45, 7) is 2.05. The van der Waals surface area contributed by atoms with E-state index in [1.54, 1.807) is 19.0 Å². The number of phenols is 1. The second kappa shape index (κ2) is 14.2. The fourth-order valence-corrected chi connectivity index (χ4v) is 6.18. The van der Waals surface area contributed by atoms with Gasteiger partial charge in [-0.2, -0.15) is 0 Å². The van der Waals surface area contributed by atoms with E-state index in [-0.39, 0.29) is 17.7 Å². The van der Waals surface area contributed by atoms with Crippen LogP contribution < -0.4 is 10.1 Å². The third kappa shape index (κ3) is 8.78. The van der Waals surface area contributed by atoms with Crippen LogP contribution in [0, 0.1) is 0 Å². The first kappa shape index (κ1) is 29.6. The fraction of sp³-hybridized carbons (Fsp3) is 0.458. The van der Waals surface area contributed by atoms with Gasteiger partial charge in [-0.15, -0.1) is 0 Å². The van der Waals surface area contributed by atoms with Crippen molar-refractivity contribution in [3.8, 4) is 11.5 Å². The number of nitrogens with one attached hydrogen (secondary N) is 1. The van der Waals surface area contributed by atoms with Crippen LogP contribution in [0.3, 0.4) is 0 Å². The molecule has 188 valence electrons. The highest BCUT2D eigenvalue weighted by atomic mass is 79.9. The van der Waals surface area contributed by atoms with E-state index < -0.39 is 0 Å².